The van der Waals surface area contributed by atoms with Gasteiger partial charge in [0, 0.05) is 18.4 Å². The van der Waals surface area contributed by atoms with Crippen molar-refractivity contribution in [2.24, 2.45) is 22.7 Å². The second kappa shape index (κ2) is 6.23. The van der Waals surface area contributed by atoms with Crippen LogP contribution in [0.3, 0.4) is 0 Å². The Morgan fingerprint density at radius 1 is 1.50 bits per heavy atom. The average Bonchev–Trinajstić information content (AvgIpc) is 2.22. The van der Waals surface area contributed by atoms with Crippen molar-refractivity contribution in [3.63, 3.8) is 0 Å². The van der Waals surface area contributed by atoms with E-state index in [1.807, 2.05) is 13.8 Å². The fraction of sp³-hybridized carbons (Fsp3) is 0.778. The molecule has 0 aliphatic heterocycles. The monoisotopic (exact) mass is 201 g/mol. The standard InChI is InChI=1S/C9H19N3O2/c1-4-6(2)9(13)11-5-7(3)8(10)12-14/h6-7,14H,4-5H2,1-3H3,(H2,10,12)(H,11,13). The van der Waals surface area contributed by atoms with Crippen LogP contribution in [-0.2, 0) is 4.79 Å². The van der Waals surface area contributed by atoms with E-state index in [1.54, 1.807) is 6.92 Å². The Balaban J connectivity index is 3.89. The summed E-state index contributed by atoms with van der Waals surface area (Å²) in [6.45, 7) is 6.01. The molecule has 0 saturated heterocycles. The van der Waals surface area contributed by atoms with Crippen molar-refractivity contribution >= 4 is 11.7 Å². The number of rotatable bonds is 5. The van der Waals surface area contributed by atoms with Crippen molar-refractivity contribution in [3.8, 4) is 0 Å². The molecular formula is C9H19N3O2. The maximum absolute atomic E-state index is 11.3. The fourth-order valence-corrected chi connectivity index (χ4v) is 0.816. The summed E-state index contributed by atoms with van der Waals surface area (Å²) in [4.78, 5) is 11.3. The van der Waals surface area contributed by atoms with Gasteiger partial charge in [0.1, 0.15) is 5.84 Å². The highest BCUT2D eigenvalue weighted by molar-refractivity contribution is 5.83. The largest absolute Gasteiger partial charge is 0.409 e. The van der Waals surface area contributed by atoms with Crippen LogP contribution in [0.5, 0.6) is 0 Å². The Morgan fingerprint density at radius 3 is 2.50 bits per heavy atom. The summed E-state index contributed by atoms with van der Waals surface area (Å²) in [5, 5.41) is 14.0. The minimum absolute atomic E-state index is 0.00471. The molecule has 0 aliphatic rings. The van der Waals surface area contributed by atoms with Gasteiger partial charge in [-0.1, -0.05) is 25.9 Å². The molecule has 0 heterocycles. The van der Waals surface area contributed by atoms with E-state index in [4.69, 9.17) is 10.9 Å². The van der Waals surface area contributed by atoms with Crippen LogP contribution in [0.1, 0.15) is 27.2 Å². The molecule has 0 aromatic heterocycles. The second-order valence-corrected chi connectivity index (χ2v) is 3.48. The van der Waals surface area contributed by atoms with E-state index in [2.05, 4.69) is 10.5 Å². The minimum Gasteiger partial charge on any atom is -0.409 e. The van der Waals surface area contributed by atoms with Crippen molar-refractivity contribution in [1.82, 2.24) is 5.32 Å². The van der Waals surface area contributed by atoms with Crippen LogP contribution in [0.15, 0.2) is 5.16 Å². The molecule has 0 aromatic carbocycles. The van der Waals surface area contributed by atoms with Gasteiger partial charge >= 0.3 is 0 Å². The minimum atomic E-state index is -0.145. The molecule has 82 valence electrons. The molecular weight excluding hydrogens is 182 g/mol. The van der Waals surface area contributed by atoms with Crippen LogP contribution in [0.2, 0.25) is 0 Å². The average molecular weight is 201 g/mol. The van der Waals surface area contributed by atoms with E-state index < -0.39 is 0 Å². The van der Waals surface area contributed by atoms with Gasteiger partial charge in [-0.15, -0.1) is 0 Å². The van der Waals surface area contributed by atoms with Crippen molar-refractivity contribution in [3.05, 3.63) is 0 Å². The molecule has 0 fully saturated rings. The van der Waals surface area contributed by atoms with Gasteiger partial charge in [0.05, 0.1) is 0 Å². The predicted molar refractivity (Wildman–Crippen MR) is 55.0 cm³/mol. The number of oxime groups is 1. The molecule has 2 unspecified atom stereocenters. The molecule has 0 aliphatic carbocycles. The van der Waals surface area contributed by atoms with Gasteiger partial charge in [0.25, 0.3) is 0 Å². The zero-order valence-corrected chi connectivity index (χ0v) is 8.95. The first-order valence-electron chi connectivity index (χ1n) is 4.78. The van der Waals surface area contributed by atoms with Gasteiger partial charge in [-0.3, -0.25) is 4.79 Å². The van der Waals surface area contributed by atoms with Crippen LogP contribution >= 0.6 is 0 Å². The van der Waals surface area contributed by atoms with Gasteiger partial charge in [0.15, 0.2) is 0 Å². The number of nitrogens with two attached hydrogens (primary N) is 1. The first-order valence-corrected chi connectivity index (χ1v) is 4.78. The Kier molecular flexibility index (Phi) is 5.67. The van der Waals surface area contributed by atoms with Crippen molar-refractivity contribution < 1.29 is 10.0 Å². The Bertz CT molecular complexity index is 216. The Labute approximate surface area is 84.4 Å². The van der Waals surface area contributed by atoms with Crippen LogP contribution in [0.4, 0.5) is 0 Å². The summed E-state index contributed by atoms with van der Waals surface area (Å²) in [5.74, 6) is 0.00189. The normalized spacial score (nSPS) is 16.1. The highest BCUT2D eigenvalue weighted by atomic mass is 16.4. The number of carbonyl (C=O) groups excluding carboxylic acids is 1. The molecule has 0 bridgehead atoms. The van der Waals surface area contributed by atoms with Gasteiger partial charge < -0.3 is 16.3 Å². The number of nitrogens with zero attached hydrogens (tertiary/aromatic N) is 1. The van der Waals surface area contributed by atoms with Crippen LogP contribution in [0.25, 0.3) is 0 Å². The van der Waals surface area contributed by atoms with E-state index in [0.29, 0.717) is 6.54 Å². The highest BCUT2D eigenvalue weighted by Gasteiger charge is 2.13. The zero-order valence-electron chi connectivity index (χ0n) is 8.95. The summed E-state index contributed by atoms with van der Waals surface area (Å²) in [5.41, 5.74) is 5.36. The quantitative estimate of drug-likeness (QED) is 0.262. The first kappa shape index (κ1) is 12.7. The second-order valence-electron chi connectivity index (χ2n) is 3.48. The Morgan fingerprint density at radius 2 is 2.07 bits per heavy atom. The third-order valence-corrected chi connectivity index (χ3v) is 2.26. The summed E-state index contributed by atoms with van der Waals surface area (Å²) < 4.78 is 0. The number of amides is 1. The van der Waals surface area contributed by atoms with Gasteiger partial charge in [-0.2, -0.15) is 0 Å². The van der Waals surface area contributed by atoms with Gasteiger partial charge in [-0.25, -0.2) is 0 Å². The number of amidine groups is 1. The van der Waals surface area contributed by atoms with E-state index >= 15 is 0 Å². The van der Waals surface area contributed by atoms with Gasteiger partial charge in [-0.05, 0) is 6.42 Å². The lowest BCUT2D eigenvalue weighted by atomic mass is 10.1. The number of nitrogens with one attached hydrogen (secondary N) is 1. The molecule has 2 atom stereocenters. The SMILES string of the molecule is CCC(C)C(=O)NCC(C)C(N)=NO. The maximum atomic E-state index is 11.3. The molecule has 0 radical (unpaired) electrons. The highest BCUT2D eigenvalue weighted by Crippen LogP contribution is 2.00. The van der Waals surface area contributed by atoms with E-state index in [-0.39, 0.29) is 23.6 Å². The summed E-state index contributed by atoms with van der Waals surface area (Å²) in [7, 11) is 0. The molecule has 0 rings (SSSR count). The number of hydrogen-bond donors (Lipinski definition) is 3. The van der Waals surface area contributed by atoms with Crippen molar-refractivity contribution in [1.29, 1.82) is 0 Å². The molecule has 14 heavy (non-hydrogen) atoms. The zero-order chi connectivity index (χ0) is 11.1. The number of carbonyl (C=O) groups is 1. The predicted octanol–water partition coefficient (Wildman–Crippen LogP) is 0.531. The molecule has 4 N–H and O–H groups in total. The molecule has 5 nitrogen and oxygen atoms in total. The molecule has 1 amide bonds. The first-order chi connectivity index (χ1) is 6.52. The summed E-state index contributed by atoms with van der Waals surface area (Å²) in [6.07, 6.45) is 0.809. The van der Waals surface area contributed by atoms with Crippen molar-refractivity contribution in [2.45, 2.75) is 27.2 Å². The smallest absolute Gasteiger partial charge is 0.222 e. The molecule has 0 spiro atoms. The number of hydrogen-bond acceptors (Lipinski definition) is 3. The lowest BCUT2D eigenvalue weighted by Gasteiger charge is -2.13. The summed E-state index contributed by atoms with van der Waals surface area (Å²) in [6, 6.07) is 0. The molecule has 0 aromatic rings. The molecule has 5 heteroatoms. The third kappa shape index (κ3) is 4.11. The van der Waals surface area contributed by atoms with Crippen LogP contribution < -0.4 is 11.1 Å². The van der Waals surface area contributed by atoms with Crippen LogP contribution in [-0.4, -0.2) is 23.5 Å². The maximum Gasteiger partial charge on any atom is 0.222 e. The van der Waals surface area contributed by atoms with Crippen LogP contribution in [0, 0.1) is 11.8 Å². The van der Waals surface area contributed by atoms with E-state index in [0.717, 1.165) is 6.42 Å². The summed E-state index contributed by atoms with van der Waals surface area (Å²) >= 11 is 0. The van der Waals surface area contributed by atoms with Gasteiger partial charge in [0.2, 0.25) is 5.91 Å². The molecule has 0 saturated carbocycles. The Hall–Kier alpha value is -1.26. The van der Waals surface area contributed by atoms with Crippen molar-refractivity contribution in [2.75, 3.05) is 6.54 Å². The lowest BCUT2D eigenvalue weighted by Crippen LogP contribution is -2.37. The fourth-order valence-electron chi connectivity index (χ4n) is 0.816. The lowest BCUT2D eigenvalue weighted by molar-refractivity contribution is -0.124. The topological polar surface area (TPSA) is 87.7 Å². The van der Waals surface area contributed by atoms with E-state index in [9.17, 15) is 4.79 Å². The third-order valence-electron chi connectivity index (χ3n) is 2.26. The van der Waals surface area contributed by atoms with E-state index in [1.165, 1.54) is 0 Å².